The molecule has 2 heterocycles. The first-order valence-corrected chi connectivity index (χ1v) is 6.83. The normalized spacial score (nSPS) is 12.2. The Kier molecular flexibility index (Phi) is 3.73. The fourth-order valence-electron chi connectivity index (χ4n) is 1.76. The van der Waals surface area contributed by atoms with Gasteiger partial charge in [0.1, 0.15) is 5.41 Å². The molecule has 0 bridgehead atoms. The van der Waals surface area contributed by atoms with Gasteiger partial charge < -0.3 is 4.74 Å². The third-order valence-electron chi connectivity index (χ3n) is 3.07. The fourth-order valence-corrected chi connectivity index (χ4v) is 1.89. The van der Waals surface area contributed by atoms with Crippen molar-refractivity contribution < 1.29 is 9.53 Å². The van der Waals surface area contributed by atoms with E-state index in [1.165, 1.54) is 0 Å². The number of carbonyl (C=O) groups is 1. The molecule has 0 N–H and O–H groups in total. The first-order valence-electron chi connectivity index (χ1n) is 6.46. The molecule has 0 radical (unpaired) electrons. The summed E-state index contributed by atoms with van der Waals surface area (Å²) in [6.07, 6.45) is 1.55. The molecule has 0 atom stereocenters. The van der Waals surface area contributed by atoms with E-state index in [0.717, 1.165) is 5.56 Å². The maximum atomic E-state index is 12.2. The second-order valence-electron chi connectivity index (χ2n) is 5.63. The van der Waals surface area contributed by atoms with Gasteiger partial charge in [-0.2, -0.15) is 5.10 Å². The average Bonchev–Trinajstić information content (AvgIpc) is 2.72. The van der Waals surface area contributed by atoms with Crippen molar-refractivity contribution >= 4 is 23.2 Å². The van der Waals surface area contributed by atoms with Gasteiger partial charge in [-0.05, 0) is 46.2 Å². The van der Waals surface area contributed by atoms with Gasteiger partial charge in [0, 0.05) is 0 Å². The zero-order valence-electron chi connectivity index (χ0n) is 12.3. The lowest BCUT2D eigenvalue weighted by Crippen LogP contribution is -2.33. The molecular weight excluding hydrogens is 278 g/mol. The highest BCUT2D eigenvalue weighted by molar-refractivity contribution is 6.30. The largest absolute Gasteiger partial charge is 0.462 e. The van der Waals surface area contributed by atoms with Crippen LogP contribution in [0.3, 0.4) is 0 Å². The van der Waals surface area contributed by atoms with Crippen LogP contribution in [-0.4, -0.2) is 26.7 Å². The van der Waals surface area contributed by atoms with Crippen molar-refractivity contribution in [1.29, 1.82) is 0 Å². The van der Waals surface area contributed by atoms with Gasteiger partial charge in [-0.3, -0.25) is 4.79 Å². The minimum atomic E-state index is -0.835. The Labute approximate surface area is 122 Å². The second-order valence-corrected chi connectivity index (χ2v) is 5.98. The second kappa shape index (κ2) is 5.05. The number of hydrogen-bond donors (Lipinski definition) is 0. The van der Waals surface area contributed by atoms with Crippen molar-refractivity contribution in [3.8, 4) is 0 Å². The van der Waals surface area contributed by atoms with E-state index in [1.807, 2.05) is 26.8 Å². The summed E-state index contributed by atoms with van der Waals surface area (Å²) in [5, 5.41) is 4.62. The number of halogens is 1. The lowest BCUT2D eigenvalue weighted by Gasteiger charge is -2.21. The molecule has 0 unspecified atom stereocenters. The molecule has 0 saturated heterocycles. The minimum absolute atomic E-state index is 0.159. The summed E-state index contributed by atoms with van der Waals surface area (Å²) in [5.41, 5.74) is 1.28. The number of nitrogens with zero attached hydrogens (tertiary/aromatic N) is 3. The number of esters is 1. The standard InChI is InChI=1S/C14H18ClN3O2/c1-8(2)20-13(19)14(4,5)10-7-18-11(16-10)6-9(3)12(15)17-18/h6-8H,1-5H3. The summed E-state index contributed by atoms with van der Waals surface area (Å²) in [4.78, 5) is 16.6. The molecular formula is C14H18ClN3O2. The van der Waals surface area contributed by atoms with Gasteiger partial charge >= 0.3 is 5.97 Å². The molecule has 0 aliphatic heterocycles. The van der Waals surface area contributed by atoms with Crippen molar-refractivity contribution in [2.24, 2.45) is 0 Å². The van der Waals surface area contributed by atoms with Crippen molar-refractivity contribution in [3.05, 3.63) is 28.7 Å². The van der Waals surface area contributed by atoms with Crippen LogP contribution < -0.4 is 0 Å². The van der Waals surface area contributed by atoms with E-state index in [-0.39, 0.29) is 12.1 Å². The number of aryl methyl sites for hydroxylation is 1. The molecule has 5 nitrogen and oxygen atoms in total. The Hall–Kier alpha value is -1.62. The highest BCUT2D eigenvalue weighted by Gasteiger charge is 2.35. The van der Waals surface area contributed by atoms with Crippen LogP contribution in [0.15, 0.2) is 12.3 Å². The number of fused-ring (bicyclic) bond motifs is 1. The molecule has 2 aromatic heterocycles. The summed E-state index contributed by atoms with van der Waals surface area (Å²) in [6, 6.07) is 1.84. The van der Waals surface area contributed by atoms with Crippen LogP contribution in [0, 0.1) is 6.92 Å². The molecule has 0 spiro atoms. The van der Waals surface area contributed by atoms with Crippen molar-refractivity contribution in [1.82, 2.24) is 14.6 Å². The number of rotatable bonds is 3. The van der Waals surface area contributed by atoms with Crippen LogP contribution in [0.5, 0.6) is 0 Å². The van der Waals surface area contributed by atoms with Gasteiger partial charge in [0.05, 0.1) is 18.0 Å². The molecule has 0 aliphatic carbocycles. The fraction of sp³-hybridized carbons (Fsp3) is 0.500. The molecule has 6 heteroatoms. The van der Waals surface area contributed by atoms with Gasteiger partial charge in [0.25, 0.3) is 0 Å². The van der Waals surface area contributed by atoms with Gasteiger partial charge in [0.15, 0.2) is 10.8 Å². The summed E-state index contributed by atoms with van der Waals surface area (Å²) < 4.78 is 6.86. The number of aromatic nitrogens is 3. The molecule has 0 fully saturated rings. The summed E-state index contributed by atoms with van der Waals surface area (Å²) in [6.45, 7) is 9.08. The number of ether oxygens (including phenoxy) is 1. The van der Waals surface area contributed by atoms with Crippen LogP contribution in [0.4, 0.5) is 0 Å². The van der Waals surface area contributed by atoms with E-state index < -0.39 is 5.41 Å². The number of hydrogen-bond acceptors (Lipinski definition) is 4. The lowest BCUT2D eigenvalue weighted by molar-refractivity contribution is -0.153. The highest BCUT2D eigenvalue weighted by Crippen LogP contribution is 2.25. The third kappa shape index (κ3) is 2.63. The van der Waals surface area contributed by atoms with E-state index in [1.54, 1.807) is 24.6 Å². The predicted molar refractivity (Wildman–Crippen MR) is 77.0 cm³/mol. The van der Waals surface area contributed by atoms with E-state index in [2.05, 4.69) is 10.1 Å². The Morgan fingerprint density at radius 2 is 2.10 bits per heavy atom. The molecule has 0 aromatic carbocycles. The maximum absolute atomic E-state index is 12.2. The Morgan fingerprint density at radius 3 is 2.70 bits per heavy atom. The number of carbonyl (C=O) groups excluding carboxylic acids is 1. The zero-order valence-corrected chi connectivity index (χ0v) is 13.0. The molecule has 0 aliphatic rings. The van der Waals surface area contributed by atoms with Crippen molar-refractivity contribution in [3.63, 3.8) is 0 Å². The average molecular weight is 296 g/mol. The molecule has 2 rings (SSSR count). The first-order chi connectivity index (χ1) is 9.21. The van der Waals surface area contributed by atoms with Crippen molar-refractivity contribution in [2.75, 3.05) is 0 Å². The molecule has 20 heavy (non-hydrogen) atoms. The quantitative estimate of drug-likeness (QED) is 0.817. The first kappa shape index (κ1) is 14.8. The molecule has 2 aromatic rings. The van der Waals surface area contributed by atoms with Gasteiger partial charge in [0.2, 0.25) is 0 Å². The van der Waals surface area contributed by atoms with E-state index >= 15 is 0 Å². The van der Waals surface area contributed by atoms with Crippen LogP contribution in [-0.2, 0) is 14.9 Å². The van der Waals surface area contributed by atoms with Gasteiger partial charge in [-0.15, -0.1) is 0 Å². The van der Waals surface area contributed by atoms with Gasteiger partial charge in [-0.1, -0.05) is 11.6 Å². The Balaban J connectivity index is 2.44. The Bertz CT molecular complexity index is 623. The highest BCUT2D eigenvalue weighted by atomic mass is 35.5. The van der Waals surface area contributed by atoms with Crippen molar-refractivity contribution in [2.45, 2.75) is 46.1 Å². The molecule has 108 valence electrons. The summed E-state index contributed by atoms with van der Waals surface area (Å²) >= 11 is 5.99. The van der Waals surface area contributed by atoms with Gasteiger partial charge in [-0.25, -0.2) is 9.50 Å². The van der Waals surface area contributed by atoms with E-state index in [4.69, 9.17) is 16.3 Å². The lowest BCUT2D eigenvalue weighted by atomic mass is 9.90. The molecule has 0 saturated carbocycles. The minimum Gasteiger partial charge on any atom is -0.462 e. The maximum Gasteiger partial charge on any atom is 0.317 e. The third-order valence-corrected chi connectivity index (χ3v) is 3.45. The predicted octanol–water partition coefficient (Wildman–Crippen LogP) is 2.92. The van der Waals surface area contributed by atoms with Crippen LogP contribution in [0.25, 0.3) is 5.65 Å². The summed E-state index contributed by atoms with van der Waals surface area (Å²) in [5.74, 6) is -0.307. The zero-order chi connectivity index (χ0) is 15.1. The SMILES string of the molecule is Cc1cc2nc(C(C)(C)C(=O)OC(C)C)cn2nc1Cl. The summed E-state index contributed by atoms with van der Waals surface area (Å²) in [7, 11) is 0. The van der Waals surface area contributed by atoms with Crippen LogP contribution >= 0.6 is 11.6 Å². The van der Waals surface area contributed by atoms with Crippen LogP contribution in [0.2, 0.25) is 5.15 Å². The monoisotopic (exact) mass is 295 g/mol. The van der Waals surface area contributed by atoms with Crippen LogP contribution in [0.1, 0.15) is 39.0 Å². The van der Waals surface area contributed by atoms with E-state index in [0.29, 0.717) is 16.5 Å². The Morgan fingerprint density at radius 1 is 1.45 bits per heavy atom. The molecule has 0 amide bonds. The number of imidazole rings is 1. The smallest absolute Gasteiger partial charge is 0.317 e. The topological polar surface area (TPSA) is 56.5 Å². The van der Waals surface area contributed by atoms with E-state index in [9.17, 15) is 4.79 Å².